The van der Waals surface area contributed by atoms with E-state index in [1.165, 1.54) is 12.3 Å². The predicted molar refractivity (Wildman–Crippen MR) is 104 cm³/mol. The number of alkyl halides is 3. The van der Waals surface area contributed by atoms with Crippen LogP contribution in [0.15, 0.2) is 47.0 Å². The number of rotatable bonds is 1. The SMILES string of the molecule is CN1CCN(C2=C3CN(C)CC34C/C(=C\C#N)CC=C4N(C(F)(F)F)C=C2)CC1. The maximum Gasteiger partial charge on any atom is 0.488 e. The summed E-state index contributed by atoms with van der Waals surface area (Å²) in [4.78, 5) is 7.06. The van der Waals surface area contributed by atoms with Gasteiger partial charge in [-0.3, -0.25) is 4.90 Å². The van der Waals surface area contributed by atoms with Crippen LogP contribution in [-0.4, -0.2) is 79.3 Å². The molecule has 0 saturated carbocycles. The Kier molecular flexibility index (Phi) is 4.99. The first-order valence-electron chi connectivity index (χ1n) is 9.93. The molecule has 0 aromatic carbocycles. The number of piperazine rings is 1. The van der Waals surface area contributed by atoms with Gasteiger partial charge < -0.3 is 14.7 Å². The van der Waals surface area contributed by atoms with Gasteiger partial charge >= 0.3 is 6.30 Å². The van der Waals surface area contributed by atoms with Gasteiger partial charge in [-0.2, -0.15) is 5.26 Å². The fraction of sp³-hybridized carbons (Fsp3) is 0.571. The smallest absolute Gasteiger partial charge is 0.369 e. The van der Waals surface area contributed by atoms with Crippen LogP contribution in [0.25, 0.3) is 0 Å². The molecule has 1 unspecified atom stereocenters. The van der Waals surface area contributed by atoms with Gasteiger partial charge in [0.2, 0.25) is 0 Å². The van der Waals surface area contributed by atoms with Gasteiger partial charge in [-0.15, -0.1) is 13.2 Å². The zero-order valence-electron chi connectivity index (χ0n) is 16.8. The maximum absolute atomic E-state index is 14.0. The number of likely N-dealkylation sites (N-methyl/N-ethyl adjacent to an activating group) is 2. The van der Waals surface area contributed by atoms with Crippen molar-refractivity contribution in [3.63, 3.8) is 0 Å². The van der Waals surface area contributed by atoms with Crippen molar-refractivity contribution in [2.75, 3.05) is 53.4 Å². The maximum atomic E-state index is 14.0. The third-order valence-electron chi connectivity index (χ3n) is 6.46. The van der Waals surface area contributed by atoms with E-state index in [2.05, 4.69) is 27.8 Å². The van der Waals surface area contributed by atoms with E-state index < -0.39 is 11.7 Å². The largest absolute Gasteiger partial charge is 0.488 e. The normalized spacial score (nSPS) is 30.2. The minimum atomic E-state index is -4.49. The van der Waals surface area contributed by atoms with Gasteiger partial charge in [0.25, 0.3) is 0 Å². The van der Waals surface area contributed by atoms with Crippen LogP contribution in [0.4, 0.5) is 13.2 Å². The monoisotopic (exact) mass is 405 g/mol. The van der Waals surface area contributed by atoms with Gasteiger partial charge in [0, 0.05) is 62.9 Å². The van der Waals surface area contributed by atoms with E-state index in [0.717, 1.165) is 43.0 Å². The lowest BCUT2D eigenvalue weighted by atomic mass is 9.69. The molecule has 3 aliphatic heterocycles. The average Bonchev–Trinajstić information content (AvgIpc) is 2.89. The highest BCUT2D eigenvalue weighted by molar-refractivity contribution is 5.48. The van der Waals surface area contributed by atoms with E-state index >= 15 is 0 Å². The first-order chi connectivity index (χ1) is 13.7. The molecule has 1 aliphatic carbocycles. The first-order valence-corrected chi connectivity index (χ1v) is 9.93. The van der Waals surface area contributed by atoms with Crippen molar-refractivity contribution in [2.24, 2.45) is 5.41 Å². The van der Waals surface area contributed by atoms with Crippen LogP contribution in [0, 0.1) is 16.7 Å². The Morgan fingerprint density at radius 2 is 1.86 bits per heavy atom. The molecule has 2 fully saturated rings. The minimum absolute atomic E-state index is 0.305. The predicted octanol–water partition coefficient (Wildman–Crippen LogP) is 2.90. The Hall–Kier alpha value is -2.24. The van der Waals surface area contributed by atoms with Gasteiger partial charge in [0.1, 0.15) is 0 Å². The van der Waals surface area contributed by atoms with Gasteiger partial charge in [0.05, 0.1) is 11.5 Å². The zero-order valence-corrected chi connectivity index (χ0v) is 16.8. The summed E-state index contributed by atoms with van der Waals surface area (Å²) in [5.74, 6) is 0. The molecular weight excluding hydrogens is 379 g/mol. The second-order valence-electron chi connectivity index (χ2n) is 8.46. The van der Waals surface area contributed by atoms with Crippen molar-refractivity contribution < 1.29 is 13.2 Å². The van der Waals surface area contributed by atoms with Gasteiger partial charge in [-0.05, 0) is 38.6 Å². The lowest BCUT2D eigenvalue weighted by Crippen LogP contribution is -2.45. The molecule has 0 bridgehead atoms. The highest BCUT2D eigenvalue weighted by atomic mass is 19.4. The second kappa shape index (κ2) is 7.22. The van der Waals surface area contributed by atoms with Crippen LogP contribution in [0.2, 0.25) is 0 Å². The van der Waals surface area contributed by atoms with Crippen molar-refractivity contribution in [2.45, 2.75) is 19.1 Å². The molecule has 0 N–H and O–H groups in total. The van der Waals surface area contributed by atoms with Crippen molar-refractivity contribution in [3.05, 3.63) is 47.0 Å². The Bertz CT molecular complexity index is 839. The summed E-state index contributed by atoms with van der Waals surface area (Å²) < 4.78 is 42.1. The third-order valence-corrected chi connectivity index (χ3v) is 6.46. The summed E-state index contributed by atoms with van der Waals surface area (Å²) in [6, 6.07) is 2.07. The molecular formula is C21H26F3N5. The molecule has 3 heterocycles. The van der Waals surface area contributed by atoms with E-state index in [1.54, 1.807) is 12.2 Å². The summed E-state index contributed by atoms with van der Waals surface area (Å²) in [6.45, 7) is 4.52. The van der Waals surface area contributed by atoms with Crippen LogP contribution in [0.3, 0.4) is 0 Å². The van der Waals surface area contributed by atoms with E-state index in [4.69, 9.17) is 5.26 Å². The fourth-order valence-electron chi connectivity index (χ4n) is 5.15. The molecule has 0 amide bonds. The Morgan fingerprint density at radius 3 is 2.52 bits per heavy atom. The molecule has 8 heteroatoms. The molecule has 0 aromatic rings. The number of nitriles is 1. The number of hydrogen-bond acceptors (Lipinski definition) is 5. The molecule has 5 nitrogen and oxygen atoms in total. The number of likely N-dealkylation sites (tertiary alicyclic amines) is 1. The summed E-state index contributed by atoms with van der Waals surface area (Å²) in [5, 5.41) is 9.14. The fourth-order valence-corrected chi connectivity index (χ4v) is 5.15. The number of allylic oxidation sites excluding steroid dienone is 4. The minimum Gasteiger partial charge on any atom is -0.369 e. The second-order valence-corrected chi connectivity index (χ2v) is 8.46. The standard InChI is InChI=1S/C21H26F3N5/c1-26-9-11-28(12-10-26)18-6-8-29(21(22,23)24)19-4-3-16(5-7-25)13-20(19)15-27(2)14-17(18)20/h4-6,8H,3,9-15H2,1-2H3/b16-5-. The lowest BCUT2D eigenvalue weighted by Gasteiger charge is -2.42. The van der Waals surface area contributed by atoms with Crippen LogP contribution in [-0.2, 0) is 0 Å². The summed E-state index contributed by atoms with van der Waals surface area (Å²) in [6.07, 6.45) is 2.38. The van der Waals surface area contributed by atoms with Crippen LogP contribution >= 0.6 is 0 Å². The lowest BCUT2D eigenvalue weighted by molar-refractivity contribution is -0.219. The quantitative estimate of drug-likeness (QED) is 0.495. The number of halogens is 3. The number of nitrogens with zero attached hydrogens (tertiary/aromatic N) is 5. The van der Waals surface area contributed by atoms with Crippen LogP contribution < -0.4 is 0 Å². The average molecular weight is 405 g/mol. The molecule has 1 atom stereocenters. The molecule has 29 heavy (non-hydrogen) atoms. The third kappa shape index (κ3) is 3.47. The molecule has 0 aromatic heterocycles. The Labute approximate surface area is 169 Å². The molecule has 4 aliphatic rings. The Morgan fingerprint density at radius 1 is 1.14 bits per heavy atom. The topological polar surface area (TPSA) is 36.8 Å². The van der Waals surface area contributed by atoms with Gasteiger partial charge in [0.15, 0.2) is 0 Å². The number of hydrogen-bond donors (Lipinski definition) is 0. The van der Waals surface area contributed by atoms with Crippen molar-refractivity contribution in [1.29, 1.82) is 5.26 Å². The summed E-state index contributed by atoms with van der Waals surface area (Å²) in [7, 11) is 4.02. The van der Waals surface area contributed by atoms with E-state index in [1.807, 2.05) is 7.05 Å². The first kappa shape index (κ1) is 20.0. The van der Waals surface area contributed by atoms with Crippen LogP contribution in [0.1, 0.15) is 12.8 Å². The highest BCUT2D eigenvalue weighted by Gasteiger charge is 2.54. The van der Waals surface area contributed by atoms with Crippen LogP contribution in [0.5, 0.6) is 0 Å². The Balaban J connectivity index is 1.88. The molecule has 0 radical (unpaired) electrons. The molecule has 2 saturated heterocycles. The molecule has 1 spiro atoms. The van der Waals surface area contributed by atoms with Crippen molar-refractivity contribution in [1.82, 2.24) is 19.6 Å². The zero-order chi connectivity index (χ0) is 20.8. The van der Waals surface area contributed by atoms with E-state index in [9.17, 15) is 13.2 Å². The molecule has 4 rings (SSSR count). The highest BCUT2D eigenvalue weighted by Crippen LogP contribution is 2.55. The van der Waals surface area contributed by atoms with Crippen molar-refractivity contribution >= 4 is 0 Å². The van der Waals surface area contributed by atoms with E-state index in [-0.39, 0.29) is 0 Å². The summed E-state index contributed by atoms with van der Waals surface area (Å²) >= 11 is 0. The summed E-state index contributed by atoms with van der Waals surface area (Å²) in [5.41, 5.74) is 2.40. The van der Waals surface area contributed by atoms with Gasteiger partial charge in [-0.1, -0.05) is 11.6 Å². The molecule has 156 valence electrons. The van der Waals surface area contributed by atoms with E-state index in [0.29, 0.717) is 36.5 Å². The van der Waals surface area contributed by atoms with Gasteiger partial charge in [-0.25, -0.2) is 0 Å². The van der Waals surface area contributed by atoms with Crippen molar-refractivity contribution in [3.8, 4) is 6.07 Å².